The van der Waals surface area contributed by atoms with Crippen molar-refractivity contribution in [3.05, 3.63) is 35.5 Å². The van der Waals surface area contributed by atoms with Crippen LogP contribution >= 0.6 is 0 Å². The second kappa shape index (κ2) is 9.74. The molecule has 3 aliphatic rings. The first-order valence-corrected chi connectivity index (χ1v) is 12.6. The summed E-state index contributed by atoms with van der Waals surface area (Å²) in [6.07, 6.45) is 12.8. The fourth-order valence-electron chi connectivity index (χ4n) is 7.00. The Balaban J connectivity index is 1.79. The largest absolute Gasteiger partial charge is 0.393 e. The third kappa shape index (κ3) is 5.41. The topological polar surface area (TPSA) is 69.9 Å². The molecular weight excluding hydrogens is 400 g/mol. The van der Waals surface area contributed by atoms with E-state index in [1.165, 1.54) is 31.3 Å². The lowest BCUT2D eigenvalue weighted by atomic mass is 9.59. The van der Waals surface area contributed by atoms with E-state index in [0.29, 0.717) is 24.7 Å². The smallest absolute Gasteiger partial charge is 0.0811 e. The molecule has 0 amide bonds. The molecule has 6 atom stereocenters. The van der Waals surface area contributed by atoms with Gasteiger partial charge in [-0.2, -0.15) is 0 Å². The maximum Gasteiger partial charge on any atom is 0.0811 e. The van der Waals surface area contributed by atoms with E-state index in [2.05, 4.69) is 32.6 Å². The lowest BCUT2D eigenvalue weighted by molar-refractivity contribution is -0.0958. The van der Waals surface area contributed by atoms with Crippen molar-refractivity contribution in [2.75, 3.05) is 7.11 Å². The van der Waals surface area contributed by atoms with E-state index in [9.17, 15) is 15.3 Å². The lowest BCUT2D eigenvalue weighted by Gasteiger charge is -2.49. The van der Waals surface area contributed by atoms with Crippen molar-refractivity contribution in [2.24, 2.45) is 17.3 Å². The zero-order valence-electron chi connectivity index (χ0n) is 21.0. The predicted octanol–water partition coefficient (Wildman–Crippen LogP) is 5.47. The van der Waals surface area contributed by atoms with Crippen molar-refractivity contribution in [1.82, 2.24) is 0 Å². The highest BCUT2D eigenvalue weighted by atomic mass is 16.5. The summed E-state index contributed by atoms with van der Waals surface area (Å²) in [5, 5.41) is 30.4. The molecule has 4 nitrogen and oxygen atoms in total. The number of fused-ring (bicyclic) bond motifs is 1. The summed E-state index contributed by atoms with van der Waals surface area (Å²) >= 11 is 0. The SMILES string of the molecule is C=C1/C(=C\C=C2/CCC[C@@]3(C)[C@H]2CC[C@@H]3[C@](C)(CCCC(C)(C)O)OC)C[C@@H](O)C[C@@H]1O. The van der Waals surface area contributed by atoms with Gasteiger partial charge in [-0.1, -0.05) is 31.2 Å². The molecule has 0 aromatic rings. The van der Waals surface area contributed by atoms with Gasteiger partial charge < -0.3 is 20.1 Å². The van der Waals surface area contributed by atoms with E-state index in [1.807, 2.05) is 21.0 Å². The maximum absolute atomic E-state index is 10.2. The van der Waals surface area contributed by atoms with Gasteiger partial charge in [0, 0.05) is 13.5 Å². The maximum atomic E-state index is 10.2. The van der Waals surface area contributed by atoms with Crippen molar-refractivity contribution in [3.8, 4) is 0 Å². The number of allylic oxidation sites excluding steroid dienone is 3. The molecule has 3 saturated carbocycles. The molecule has 0 aromatic heterocycles. The second-order valence-corrected chi connectivity index (χ2v) is 11.8. The molecule has 4 heteroatoms. The van der Waals surface area contributed by atoms with Gasteiger partial charge in [-0.3, -0.25) is 0 Å². The van der Waals surface area contributed by atoms with Crippen molar-refractivity contribution < 1.29 is 20.1 Å². The van der Waals surface area contributed by atoms with E-state index in [0.717, 1.165) is 36.8 Å². The number of aliphatic hydroxyl groups excluding tert-OH is 2. The number of ether oxygens (including phenoxy) is 1. The number of hydrogen-bond donors (Lipinski definition) is 3. The van der Waals surface area contributed by atoms with Crippen LogP contribution in [0.25, 0.3) is 0 Å². The molecule has 32 heavy (non-hydrogen) atoms. The molecule has 0 bridgehead atoms. The van der Waals surface area contributed by atoms with Gasteiger partial charge in [-0.15, -0.1) is 0 Å². The van der Waals surface area contributed by atoms with Crippen LogP contribution in [-0.4, -0.2) is 45.8 Å². The molecule has 0 aromatic carbocycles. The van der Waals surface area contributed by atoms with Gasteiger partial charge in [0.2, 0.25) is 0 Å². The summed E-state index contributed by atoms with van der Waals surface area (Å²) < 4.78 is 6.20. The van der Waals surface area contributed by atoms with Crippen LogP contribution in [-0.2, 0) is 4.74 Å². The van der Waals surface area contributed by atoms with Crippen LogP contribution in [0.1, 0.15) is 91.9 Å². The molecule has 3 aliphatic carbocycles. The van der Waals surface area contributed by atoms with E-state index >= 15 is 0 Å². The first-order valence-electron chi connectivity index (χ1n) is 12.6. The van der Waals surface area contributed by atoms with E-state index < -0.39 is 17.8 Å². The minimum Gasteiger partial charge on any atom is -0.393 e. The van der Waals surface area contributed by atoms with Crippen molar-refractivity contribution >= 4 is 0 Å². The average molecular weight is 447 g/mol. The van der Waals surface area contributed by atoms with Crippen LogP contribution in [0.5, 0.6) is 0 Å². The Morgan fingerprint density at radius 2 is 1.88 bits per heavy atom. The van der Waals surface area contributed by atoms with Crippen LogP contribution in [0.15, 0.2) is 35.5 Å². The van der Waals surface area contributed by atoms with Crippen LogP contribution in [0, 0.1) is 17.3 Å². The third-order valence-corrected chi connectivity index (χ3v) is 8.89. The first kappa shape index (κ1) is 25.7. The van der Waals surface area contributed by atoms with Crippen LogP contribution in [0.2, 0.25) is 0 Å². The number of aliphatic hydroxyl groups is 3. The summed E-state index contributed by atoms with van der Waals surface area (Å²) in [7, 11) is 1.86. The molecular formula is C28H46O4. The van der Waals surface area contributed by atoms with Crippen molar-refractivity contribution in [1.29, 1.82) is 0 Å². The molecule has 0 aliphatic heterocycles. The molecule has 0 radical (unpaired) electrons. The molecule has 0 saturated heterocycles. The highest BCUT2D eigenvalue weighted by Crippen LogP contribution is 2.61. The van der Waals surface area contributed by atoms with Gasteiger partial charge in [-0.05, 0) is 107 Å². The van der Waals surface area contributed by atoms with Crippen LogP contribution in [0.4, 0.5) is 0 Å². The summed E-state index contributed by atoms with van der Waals surface area (Å²) in [6.45, 7) is 12.6. The Hall–Kier alpha value is -0.940. The van der Waals surface area contributed by atoms with Crippen molar-refractivity contribution in [2.45, 2.75) is 115 Å². The average Bonchev–Trinajstić information content (AvgIpc) is 3.06. The number of hydrogen-bond acceptors (Lipinski definition) is 4. The minimum atomic E-state index is -0.637. The molecule has 3 fully saturated rings. The summed E-state index contributed by atoms with van der Waals surface area (Å²) in [5.41, 5.74) is 2.65. The summed E-state index contributed by atoms with van der Waals surface area (Å²) in [5.74, 6) is 1.05. The molecule has 0 heterocycles. The van der Waals surface area contributed by atoms with Gasteiger partial charge in [0.1, 0.15) is 0 Å². The second-order valence-electron chi connectivity index (χ2n) is 11.8. The normalized spacial score (nSPS) is 38.2. The standard InChI is InChI=1S/C28H46O4/c1-19-21(17-22(29)18-24(19)30)11-10-20-9-7-15-27(4)23(20)12-13-25(27)28(5,32-6)16-8-14-26(2,3)31/h10-11,22-25,29-31H,1,7-9,12-18H2,2-6H3/b20-10+,21-11-/t22-,23+,24+,25+,27+,28+/m1/s1. The number of rotatable bonds is 7. The monoisotopic (exact) mass is 446 g/mol. The predicted molar refractivity (Wildman–Crippen MR) is 130 cm³/mol. The zero-order chi connectivity index (χ0) is 23.7. The lowest BCUT2D eigenvalue weighted by Crippen LogP contribution is -2.46. The molecule has 182 valence electrons. The highest BCUT2D eigenvalue weighted by Gasteiger charge is 2.55. The molecule has 0 spiro atoms. The number of methoxy groups -OCH3 is 1. The van der Waals surface area contributed by atoms with E-state index in [-0.39, 0.29) is 11.0 Å². The van der Waals surface area contributed by atoms with E-state index in [4.69, 9.17) is 4.74 Å². The molecule has 0 unspecified atom stereocenters. The Kier molecular flexibility index (Phi) is 7.81. The van der Waals surface area contributed by atoms with E-state index in [1.54, 1.807) is 0 Å². The van der Waals surface area contributed by atoms with Gasteiger partial charge in [0.25, 0.3) is 0 Å². The van der Waals surface area contributed by atoms with Gasteiger partial charge >= 0.3 is 0 Å². The highest BCUT2D eigenvalue weighted by molar-refractivity contribution is 5.38. The van der Waals surface area contributed by atoms with Gasteiger partial charge in [-0.25, -0.2) is 0 Å². The Labute approximate surface area is 195 Å². The summed E-state index contributed by atoms with van der Waals surface area (Å²) in [6, 6.07) is 0. The van der Waals surface area contributed by atoms with Crippen molar-refractivity contribution in [3.63, 3.8) is 0 Å². The first-order chi connectivity index (χ1) is 14.9. The zero-order valence-corrected chi connectivity index (χ0v) is 21.0. The fraction of sp³-hybridized carbons (Fsp3) is 0.786. The van der Waals surface area contributed by atoms with Gasteiger partial charge in [0.15, 0.2) is 0 Å². The van der Waals surface area contributed by atoms with Gasteiger partial charge in [0.05, 0.1) is 23.4 Å². The van der Waals surface area contributed by atoms with Crippen LogP contribution < -0.4 is 0 Å². The molecule has 3 N–H and O–H groups in total. The Morgan fingerprint density at radius 1 is 1.16 bits per heavy atom. The minimum absolute atomic E-state index is 0.179. The Morgan fingerprint density at radius 3 is 2.53 bits per heavy atom. The summed E-state index contributed by atoms with van der Waals surface area (Å²) in [4.78, 5) is 0. The van der Waals surface area contributed by atoms with Crippen LogP contribution in [0.3, 0.4) is 0 Å². The third-order valence-electron chi connectivity index (χ3n) is 8.89. The Bertz CT molecular complexity index is 745. The molecule has 3 rings (SSSR count). The quantitative estimate of drug-likeness (QED) is 0.485. The fourth-order valence-corrected chi connectivity index (χ4v) is 7.00.